The number of carbonyl (C=O) groups excluding carboxylic acids is 1. The molecule has 0 bridgehead atoms. The molecule has 0 saturated heterocycles. The molecular formula is C21H27F2N2O3+. The summed E-state index contributed by atoms with van der Waals surface area (Å²) in [5.41, 5.74) is -1.78. The first-order valence-electron chi connectivity index (χ1n) is 9.58. The molecule has 2 atom stereocenters. The number of alkyl halides is 2. The number of esters is 1. The number of imidazole rings is 1. The predicted octanol–water partition coefficient (Wildman–Crippen LogP) is 2.88. The third-order valence-electron chi connectivity index (χ3n) is 5.72. The van der Waals surface area contributed by atoms with Gasteiger partial charge < -0.3 is 9.84 Å². The Labute approximate surface area is 163 Å². The molecule has 1 heterocycles. The van der Waals surface area contributed by atoms with E-state index < -0.39 is 29.8 Å². The van der Waals surface area contributed by atoms with Crippen molar-refractivity contribution in [2.45, 2.75) is 50.7 Å². The molecule has 1 aromatic heterocycles. The molecule has 152 valence electrons. The Hall–Kier alpha value is -2.28. The molecule has 1 fully saturated rings. The van der Waals surface area contributed by atoms with Crippen LogP contribution in [-0.4, -0.2) is 28.2 Å². The maximum absolute atomic E-state index is 14.0. The van der Waals surface area contributed by atoms with Crippen LogP contribution in [0.5, 0.6) is 0 Å². The maximum Gasteiger partial charge on any atom is 0.343 e. The van der Waals surface area contributed by atoms with Crippen molar-refractivity contribution in [3.8, 4) is 0 Å². The fraction of sp³-hybridized carbons (Fsp3) is 0.524. The summed E-state index contributed by atoms with van der Waals surface area (Å²) in [6.07, 6.45) is 3.63. The lowest BCUT2D eigenvalue weighted by molar-refractivity contribution is -0.677. The van der Waals surface area contributed by atoms with E-state index in [4.69, 9.17) is 4.74 Å². The van der Waals surface area contributed by atoms with E-state index in [1.165, 1.54) is 0 Å². The SMILES string of the molecule is Cc1n(CCOC(=O)[C@](O)(c2ccccc2)[C@@H]2CCCC(F)(F)C2)cc[n+]1C. The zero-order valence-corrected chi connectivity index (χ0v) is 16.3. The second-order valence-electron chi connectivity index (χ2n) is 7.57. The number of benzene rings is 1. The molecule has 1 N–H and O–H groups in total. The molecule has 7 heteroatoms. The van der Waals surface area contributed by atoms with Gasteiger partial charge >= 0.3 is 5.97 Å². The van der Waals surface area contributed by atoms with Crippen molar-refractivity contribution in [1.29, 1.82) is 0 Å². The number of hydrogen-bond acceptors (Lipinski definition) is 3. The molecule has 1 aromatic carbocycles. The first-order valence-corrected chi connectivity index (χ1v) is 9.58. The molecule has 5 nitrogen and oxygen atoms in total. The number of carbonyl (C=O) groups is 1. The summed E-state index contributed by atoms with van der Waals surface area (Å²) >= 11 is 0. The molecular weight excluding hydrogens is 366 g/mol. The molecule has 0 radical (unpaired) electrons. The Morgan fingerprint density at radius 1 is 1.39 bits per heavy atom. The van der Waals surface area contributed by atoms with Crippen molar-refractivity contribution in [2.24, 2.45) is 13.0 Å². The quantitative estimate of drug-likeness (QED) is 0.607. The summed E-state index contributed by atoms with van der Waals surface area (Å²) < 4.78 is 37.3. The molecule has 0 aliphatic heterocycles. The maximum atomic E-state index is 14.0. The lowest BCUT2D eigenvalue weighted by Gasteiger charge is -2.39. The van der Waals surface area contributed by atoms with Gasteiger partial charge in [0.15, 0.2) is 5.60 Å². The first kappa shape index (κ1) is 20.5. The molecule has 3 rings (SSSR count). The molecule has 1 aliphatic carbocycles. The van der Waals surface area contributed by atoms with Gasteiger partial charge in [-0.2, -0.15) is 0 Å². The van der Waals surface area contributed by atoms with Gasteiger partial charge in [0.2, 0.25) is 5.92 Å². The van der Waals surface area contributed by atoms with E-state index in [1.54, 1.807) is 30.3 Å². The Bertz CT molecular complexity index is 822. The number of hydrogen-bond donors (Lipinski definition) is 1. The van der Waals surface area contributed by atoms with Crippen LogP contribution in [0.2, 0.25) is 0 Å². The van der Waals surface area contributed by atoms with Gasteiger partial charge in [0.25, 0.3) is 5.82 Å². The van der Waals surface area contributed by atoms with E-state index in [9.17, 15) is 18.7 Å². The van der Waals surface area contributed by atoms with Crippen LogP contribution in [0, 0.1) is 12.8 Å². The third-order valence-corrected chi connectivity index (χ3v) is 5.72. The van der Waals surface area contributed by atoms with Crippen LogP contribution in [0.25, 0.3) is 0 Å². The molecule has 1 saturated carbocycles. The Morgan fingerprint density at radius 2 is 2.11 bits per heavy atom. The average molecular weight is 393 g/mol. The van der Waals surface area contributed by atoms with E-state index >= 15 is 0 Å². The van der Waals surface area contributed by atoms with E-state index in [0.717, 1.165) is 5.82 Å². The second kappa shape index (κ2) is 7.99. The number of rotatable bonds is 6. The van der Waals surface area contributed by atoms with Crippen molar-refractivity contribution >= 4 is 5.97 Å². The van der Waals surface area contributed by atoms with Gasteiger partial charge in [-0.05, 0) is 18.4 Å². The fourth-order valence-electron chi connectivity index (χ4n) is 3.92. The normalized spacial score (nSPS) is 21.1. The van der Waals surface area contributed by atoms with Gasteiger partial charge in [0.1, 0.15) is 25.5 Å². The number of nitrogens with zero attached hydrogens (tertiary/aromatic N) is 2. The summed E-state index contributed by atoms with van der Waals surface area (Å²) in [5.74, 6) is -3.66. The smallest absolute Gasteiger partial charge is 0.343 e. The van der Waals surface area contributed by atoms with Crippen LogP contribution in [0.3, 0.4) is 0 Å². The minimum absolute atomic E-state index is 0.0482. The second-order valence-corrected chi connectivity index (χ2v) is 7.57. The van der Waals surface area contributed by atoms with Crippen LogP contribution in [0.15, 0.2) is 42.7 Å². The Kier molecular flexibility index (Phi) is 5.84. The molecule has 28 heavy (non-hydrogen) atoms. The van der Waals surface area contributed by atoms with Gasteiger partial charge in [-0.1, -0.05) is 30.3 Å². The van der Waals surface area contributed by atoms with Crippen molar-refractivity contribution in [2.75, 3.05) is 6.61 Å². The summed E-state index contributed by atoms with van der Waals surface area (Å²) in [6.45, 7) is 2.41. The molecule has 0 spiro atoms. The number of ether oxygens (including phenoxy) is 1. The largest absolute Gasteiger partial charge is 0.459 e. The van der Waals surface area contributed by atoms with Crippen molar-refractivity contribution < 1.29 is 28.0 Å². The summed E-state index contributed by atoms with van der Waals surface area (Å²) in [7, 11) is 1.91. The van der Waals surface area contributed by atoms with E-state index in [0.29, 0.717) is 18.5 Å². The van der Waals surface area contributed by atoms with Gasteiger partial charge in [0.05, 0.1) is 7.05 Å². The average Bonchev–Trinajstić information content (AvgIpc) is 2.99. The number of aryl methyl sites for hydroxylation is 1. The molecule has 2 aromatic rings. The van der Waals surface area contributed by atoms with Crippen molar-refractivity contribution in [1.82, 2.24) is 4.57 Å². The monoisotopic (exact) mass is 393 g/mol. The summed E-state index contributed by atoms with van der Waals surface area (Å²) in [5, 5.41) is 11.3. The minimum atomic E-state index is -2.89. The lowest BCUT2D eigenvalue weighted by Crippen LogP contribution is -2.48. The highest BCUT2D eigenvalue weighted by molar-refractivity contribution is 5.81. The van der Waals surface area contributed by atoms with Gasteiger partial charge in [-0.25, -0.2) is 22.7 Å². The summed E-state index contributed by atoms with van der Waals surface area (Å²) in [6, 6.07) is 8.28. The van der Waals surface area contributed by atoms with Crippen LogP contribution >= 0.6 is 0 Å². The number of halogens is 2. The van der Waals surface area contributed by atoms with Crippen LogP contribution in [0.4, 0.5) is 8.78 Å². The van der Waals surface area contributed by atoms with Crippen LogP contribution in [0.1, 0.15) is 37.1 Å². The van der Waals surface area contributed by atoms with Gasteiger partial charge in [-0.15, -0.1) is 0 Å². The third kappa shape index (κ3) is 4.09. The highest BCUT2D eigenvalue weighted by Gasteiger charge is 2.52. The topological polar surface area (TPSA) is 55.3 Å². The van der Waals surface area contributed by atoms with E-state index in [1.807, 2.05) is 35.5 Å². The standard InChI is InChI=1S/C21H27F2N2O3/c1-16-24(2)11-12-25(16)13-14-28-19(26)21(27,17-7-4-3-5-8-17)18-9-6-10-20(22,23)15-18/h3-5,7-8,11-12,18,27H,6,9-10,13-15H2,1-2H3/q+1/t18-,21+/m1/s1. The highest BCUT2D eigenvalue weighted by Crippen LogP contribution is 2.45. The number of aromatic nitrogens is 2. The van der Waals surface area contributed by atoms with Crippen molar-refractivity contribution in [3.63, 3.8) is 0 Å². The van der Waals surface area contributed by atoms with Crippen molar-refractivity contribution in [3.05, 3.63) is 54.1 Å². The van der Waals surface area contributed by atoms with E-state index in [-0.39, 0.29) is 19.4 Å². The van der Waals surface area contributed by atoms with Crippen LogP contribution in [-0.2, 0) is 28.7 Å². The summed E-state index contributed by atoms with van der Waals surface area (Å²) in [4.78, 5) is 12.9. The molecule has 0 unspecified atom stereocenters. The number of aliphatic hydroxyl groups is 1. The predicted molar refractivity (Wildman–Crippen MR) is 98.5 cm³/mol. The molecule has 0 amide bonds. The Morgan fingerprint density at radius 3 is 2.71 bits per heavy atom. The zero-order chi connectivity index (χ0) is 20.4. The first-order chi connectivity index (χ1) is 13.2. The van der Waals surface area contributed by atoms with Gasteiger partial charge in [-0.3, -0.25) is 0 Å². The Balaban J connectivity index is 1.78. The fourth-order valence-corrected chi connectivity index (χ4v) is 3.92. The molecule has 1 aliphatic rings. The van der Waals surface area contributed by atoms with E-state index in [2.05, 4.69) is 0 Å². The minimum Gasteiger partial charge on any atom is -0.459 e. The van der Waals surface area contributed by atoms with Crippen LogP contribution < -0.4 is 4.57 Å². The zero-order valence-electron chi connectivity index (χ0n) is 16.3. The van der Waals surface area contributed by atoms with Gasteiger partial charge in [0, 0.05) is 25.7 Å². The lowest BCUT2D eigenvalue weighted by atomic mass is 9.72. The highest BCUT2D eigenvalue weighted by atomic mass is 19.3.